The molecule has 0 aliphatic carbocycles. The quantitative estimate of drug-likeness (QED) is 0.310. The van der Waals surface area contributed by atoms with Gasteiger partial charge in [-0.15, -0.1) is 35.3 Å². The molecule has 1 unspecified atom stereocenters. The predicted octanol–water partition coefficient (Wildman–Crippen LogP) is 1.37. The molecule has 1 atom stereocenters. The SMILES string of the molecule is CN=C(NCCS(=O)(=O)N1CCOCC1)NCC(C)Cc1cccs1.I. The van der Waals surface area contributed by atoms with Crippen LogP contribution in [0.25, 0.3) is 0 Å². The number of morpholine rings is 1. The van der Waals surface area contributed by atoms with E-state index < -0.39 is 10.0 Å². The van der Waals surface area contributed by atoms with Gasteiger partial charge in [0.15, 0.2) is 5.96 Å². The molecule has 0 bridgehead atoms. The molecule has 10 heteroatoms. The van der Waals surface area contributed by atoms with E-state index in [1.807, 2.05) is 0 Å². The van der Waals surface area contributed by atoms with E-state index in [1.165, 1.54) is 9.18 Å². The third kappa shape index (κ3) is 8.07. The summed E-state index contributed by atoms with van der Waals surface area (Å²) in [6, 6.07) is 4.21. The van der Waals surface area contributed by atoms with E-state index >= 15 is 0 Å². The van der Waals surface area contributed by atoms with Crippen molar-refractivity contribution in [2.24, 2.45) is 10.9 Å². The van der Waals surface area contributed by atoms with E-state index in [1.54, 1.807) is 18.4 Å². The number of sulfonamides is 1. The van der Waals surface area contributed by atoms with E-state index in [0.717, 1.165) is 13.0 Å². The van der Waals surface area contributed by atoms with Crippen molar-refractivity contribution < 1.29 is 13.2 Å². The van der Waals surface area contributed by atoms with Crippen molar-refractivity contribution in [2.75, 3.05) is 52.2 Å². The van der Waals surface area contributed by atoms with Crippen molar-refractivity contribution >= 4 is 51.3 Å². The molecule has 0 saturated carbocycles. The van der Waals surface area contributed by atoms with Gasteiger partial charge in [-0.3, -0.25) is 4.99 Å². The van der Waals surface area contributed by atoms with Crippen LogP contribution >= 0.6 is 35.3 Å². The first kappa shape index (κ1) is 23.6. The molecule has 1 aliphatic heterocycles. The van der Waals surface area contributed by atoms with Gasteiger partial charge in [0.25, 0.3) is 0 Å². The lowest BCUT2D eigenvalue weighted by Crippen LogP contribution is -2.45. The maximum Gasteiger partial charge on any atom is 0.215 e. The van der Waals surface area contributed by atoms with Crippen molar-refractivity contribution in [3.05, 3.63) is 22.4 Å². The highest BCUT2D eigenvalue weighted by Crippen LogP contribution is 2.13. The van der Waals surface area contributed by atoms with Crippen molar-refractivity contribution in [1.82, 2.24) is 14.9 Å². The number of aliphatic imine (C=N–C) groups is 1. The maximum atomic E-state index is 12.3. The molecule has 2 heterocycles. The Balaban J connectivity index is 0.00000338. The Labute approximate surface area is 177 Å². The van der Waals surface area contributed by atoms with E-state index in [2.05, 4.69) is 40.1 Å². The van der Waals surface area contributed by atoms with Gasteiger partial charge in [-0.2, -0.15) is 4.31 Å². The molecule has 1 aliphatic rings. The molecule has 2 N–H and O–H groups in total. The minimum Gasteiger partial charge on any atom is -0.379 e. The van der Waals surface area contributed by atoms with E-state index in [4.69, 9.17) is 4.74 Å². The van der Waals surface area contributed by atoms with E-state index in [-0.39, 0.29) is 29.7 Å². The Morgan fingerprint density at radius 2 is 2.12 bits per heavy atom. The van der Waals surface area contributed by atoms with Crippen molar-refractivity contribution in [2.45, 2.75) is 13.3 Å². The highest BCUT2D eigenvalue weighted by atomic mass is 127. The van der Waals surface area contributed by atoms with Gasteiger partial charge >= 0.3 is 0 Å². The van der Waals surface area contributed by atoms with E-state index in [9.17, 15) is 8.42 Å². The number of thiophene rings is 1. The molecule has 1 aromatic rings. The molecule has 0 spiro atoms. The maximum absolute atomic E-state index is 12.3. The number of guanidine groups is 1. The van der Waals surface area contributed by atoms with Crippen LogP contribution in [0.2, 0.25) is 0 Å². The summed E-state index contributed by atoms with van der Waals surface area (Å²) in [5, 5.41) is 8.43. The number of nitrogens with one attached hydrogen (secondary N) is 2. The summed E-state index contributed by atoms with van der Waals surface area (Å²) in [7, 11) is -1.55. The number of rotatable bonds is 8. The van der Waals surface area contributed by atoms with E-state index in [0.29, 0.717) is 44.7 Å². The molecular formula is C16H29IN4O3S2. The van der Waals surface area contributed by atoms with Crippen LogP contribution in [0, 0.1) is 5.92 Å². The standard InChI is InChI=1S/C16H28N4O3S2.HI/c1-14(12-15-4-3-10-24-15)13-19-16(17-2)18-5-11-25(21,22)20-6-8-23-9-7-20;/h3-4,10,14H,5-9,11-13H2,1-2H3,(H2,17,18,19);1H. The number of nitrogens with zero attached hydrogens (tertiary/aromatic N) is 2. The minimum atomic E-state index is -3.24. The summed E-state index contributed by atoms with van der Waals surface area (Å²) in [6.07, 6.45) is 1.02. The molecule has 26 heavy (non-hydrogen) atoms. The molecule has 150 valence electrons. The Kier molecular flexibility index (Phi) is 11.0. The van der Waals surface area contributed by atoms with Gasteiger partial charge in [0.2, 0.25) is 10.0 Å². The van der Waals surface area contributed by atoms with Gasteiger partial charge in [-0.25, -0.2) is 8.42 Å². The van der Waals surface area contributed by atoms with Gasteiger partial charge in [-0.05, 0) is 23.8 Å². The zero-order chi connectivity index (χ0) is 18.1. The highest BCUT2D eigenvalue weighted by molar-refractivity contribution is 14.0. The number of hydrogen-bond acceptors (Lipinski definition) is 5. The van der Waals surface area contributed by atoms with Crippen LogP contribution < -0.4 is 10.6 Å². The monoisotopic (exact) mass is 516 g/mol. The third-order valence-electron chi connectivity index (χ3n) is 3.99. The highest BCUT2D eigenvalue weighted by Gasteiger charge is 2.23. The van der Waals surface area contributed by atoms with Crippen LogP contribution in [0.5, 0.6) is 0 Å². The summed E-state index contributed by atoms with van der Waals surface area (Å²) < 4.78 is 31.2. The smallest absolute Gasteiger partial charge is 0.215 e. The van der Waals surface area contributed by atoms with Gasteiger partial charge < -0.3 is 15.4 Å². The molecular weight excluding hydrogens is 487 g/mol. The topological polar surface area (TPSA) is 83.0 Å². The average Bonchev–Trinajstić information content (AvgIpc) is 3.11. The summed E-state index contributed by atoms with van der Waals surface area (Å²) in [5.41, 5.74) is 0. The summed E-state index contributed by atoms with van der Waals surface area (Å²) in [4.78, 5) is 5.53. The van der Waals surface area contributed by atoms with Crippen molar-refractivity contribution in [3.63, 3.8) is 0 Å². The lowest BCUT2D eigenvalue weighted by atomic mass is 10.1. The van der Waals surface area contributed by atoms with Crippen LogP contribution in [0.4, 0.5) is 0 Å². The fourth-order valence-electron chi connectivity index (χ4n) is 2.59. The van der Waals surface area contributed by atoms with Crippen LogP contribution in [-0.2, 0) is 21.2 Å². The summed E-state index contributed by atoms with van der Waals surface area (Å²) in [6.45, 7) is 5.12. The molecule has 0 aromatic carbocycles. The first-order valence-corrected chi connectivity index (χ1v) is 11.0. The minimum absolute atomic E-state index is 0. The van der Waals surface area contributed by atoms with Gasteiger partial charge in [0.05, 0.1) is 19.0 Å². The Morgan fingerprint density at radius 3 is 2.73 bits per heavy atom. The third-order valence-corrected chi connectivity index (χ3v) is 6.76. The van der Waals surface area contributed by atoms with Crippen molar-refractivity contribution in [3.8, 4) is 0 Å². The zero-order valence-electron chi connectivity index (χ0n) is 15.3. The fourth-order valence-corrected chi connectivity index (χ4v) is 4.78. The lowest BCUT2D eigenvalue weighted by molar-refractivity contribution is 0.0730. The van der Waals surface area contributed by atoms with Crippen LogP contribution in [0.15, 0.2) is 22.5 Å². The second kappa shape index (κ2) is 12.1. The molecule has 1 aromatic heterocycles. The number of hydrogen-bond donors (Lipinski definition) is 2. The number of ether oxygens (including phenoxy) is 1. The summed E-state index contributed by atoms with van der Waals surface area (Å²) in [5.74, 6) is 1.16. The molecule has 1 saturated heterocycles. The van der Waals surface area contributed by atoms with Gasteiger partial charge in [0, 0.05) is 38.1 Å². The second-order valence-electron chi connectivity index (χ2n) is 6.10. The summed E-state index contributed by atoms with van der Waals surface area (Å²) >= 11 is 1.77. The Hall–Kier alpha value is -0.430. The second-order valence-corrected chi connectivity index (χ2v) is 9.22. The first-order chi connectivity index (χ1) is 12.0. The first-order valence-electron chi connectivity index (χ1n) is 8.53. The van der Waals surface area contributed by atoms with Crippen molar-refractivity contribution in [1.29, 1.82) is 0 Å². The predicted molar refractivity (Wildman–Crippen MR) is 118 cm³/mol. The molecule has 0 radical (unpaired) electrons. The van der Waals surface area contributed by atoms with Crippen LogP contribution in [0.3, 0.4) is 0 Å². The largest absolute Gasteiger partial charge is 0.379 e. The van der Waals surface area contributed by atoms with Crippen LogP contribution in [0.1, 0.15) is 11.8 Å². The van der Waals surface area contributed by atoms with Crippen LogP contribution in [-0.4, -0.2) is 70.9 Å². The lowest BCUT2D eigenvalue weighted by Gasteiger charge is -2.26. The number of halogens is 1. The Morgan fingerprint density at radius 1 is 1.38 bits per heavy atom. The van der Waals surface area contributed by atoms with Gasteiger partial charge in [0.1, 0.15) is 0 Å². The fraction of sp³-hybridized carbons (Fsp3) is 0.688. The molecule has 0 amide bonds. The normalized spacial score (nSPS) is 17.4. The molecule has 7 nitrogen and oxygen atoms in total. The Bertz CT molecular complexity index is 632. The zero-order valence-corrected chi connectivity index (χ0v) is 19.3. The van der Waals surface area contributed by atoms with Gasteiger partial charge in [-0.1, -0.05) is 13.0 Å². The average molecular weight is 516 g/mol. The molecule has 2 rings (SSSR count). The molecule has 1 fully saturated rings.